The summed E-state index contributed by atoms with van der Waals surface area (Å²) in [6.07, 6.45) is 3.58. The van der Waals surface area contributed by atoms with Crippen LogP contribution < -0.4 is 0 Å². The van der Waals surface area contributed by atoms with Crippen molar-refractivity contribution in [1.29, 1.82) is 0 Å². The van der Waals surface area contributed by atoms with Gasteiger partial charge in [-0.2, -0.15) is 0 Å². The van der Waals surface area contributed by atoms with E-state index in [1.54, 1.807) is 0 Å². The zero-order chi connectivity index (χ0) is 15.8. The molecule has 1 aliphatic carbocycles. The van der Waals surface area contributed by atoms with E-state index in [0.29, 0.717) is 0 Å². The molecule has 0 saturated carbocycles. The molecule has 1 saturated heterocycles. The van der Waals surface area contributed by atoms with Crippen LogP contribution in [-0.4, -0.2) is 30.4 Å². The Kier molecular flexibility index (Phi) is 4.55. The number of esters is 1. The molecular weight excluding hydrogens is 267 g/mol. The normalized spacial score (nSPS) is 24.6. The number of hydrogen-bond acceptors (Lipinski definition) is 4. The summed E-state index contributed by atoms with van der Waals surface area (Å²) in [5.74, 6) is -0.214. The van der Waals surface area contributed by atoms with Crippen LogP contribution in [0.25, 0.3) is 0 Å². The van der Waals surface area contributed by atoms with Crippen molar-refractivity contribution in [2.45, 2.75) is 84.5 Å². The summed E-state index contributed by atoms with van der Waals surface area (Å²) in [4.78, 5) is 12.3. The van der Waals surface area contributed by atoms with Gasteiger partial charge in [-0.25, -0.2) is 4.79 Å². The van der Waals surface area contributed by atoms with Gasteiger partial charge in [-0.3, -0.25) is 0 Å². The fourth-order valence-corrected chi connectivity index (χ4v) is 2.69. The molecule has 0 unspecified atom stereocenters. The second-order valence-corrected chi connectivity index (χ2v) is 7.25. The largest absolute Gasteiger partial charge is 0.491 e. The molecule has 0 amide bonds. The predicted octanol–water partition coefficient (Wildman–Crippen LogP) is 3.44. The van der Waals surface area contributed by atoms with Gasteiger partial charge < -0.3 is 14.0 Å². The fraction of sp³-hybridized carbons (Fsp3) is 0.812. The predicted molar refractivity (Wildman–Crippen MR) is 82.8 cm³/mol. The number of rotatable bonds is 3. The Bertz CT molecular complexity index is 435. The lowest BCUT2D eigenvalue weighted by molar-refractivity contribution is -0.143. The lowest BCUT2D eigenvalue weighted by Gasteiger charge is -2.32. The lowest BCUT2D eigenvalue weighted by atomic mass is 9.69. The van der Waals surface area contributed by atoms with Gasteiger partial charge in [-0.05, 0) is 72.7 Å². The fourth-order valence-electron chi connectivity index (χ4n) is 2.69. The van der Waals surface area contributed by atoms with Crippen molar-refractivity contribution in [1.82, 2.24) is 0 Å². The summed E-state index contributed by atoms with van der Waals surface area (Å²) in [7, 11) is -0.426. The molecular formula is C16H27BO4. The van der Waals surface area contributed by atoms with Gasteiger partial charge in [0.05, 0.1) is 17.3 Å². The Balaban J connectivity index is 2.26. The van der Waals surface area contributed by atoms with Crippen molar-refractivity contribution in [2.75, 3.05) is 0 Å². The Morgan fingerprint density at radius 3 is 2.14 bits per heavy atom. The molecule has 4 nitrogen and oxygen atoms in total. The van der Waals surface area contributed by atoms with Crippen LogP contribution in [0.15, 0.2) is 11.0 Å². The maximum absolute atomic E-state index is 12.3. The van der Waals surface area contributed by atoms with Crippen molar-refractivity contribution in [3.8, 4) is 0 Å². The molecule has 5 heteroatoms. The SMILES string of the molecule is CC(C)OC(=O)C1=C(B2OC(C)(C)C(C)(C)O2)CCCC1. The molecule has 1 heterocycles. The maximum atomic E-state index is 12.3. The molecule has 0 aromatic carbocycles. The quantitative estimate of drug-likeness (QED) is 0.591. The van der Waals surface area contributed by atoms with Gasteiger partial charge in [-0.1, -0.05) is 0 Å². The van der Waals surface area contributed by atoms with E-state index in [9.17, 15) is 4.79 Å². The molecule has 1 fully saturated rings. The second-order valence-electron chi connectivity index (χ2n) is 7.25. The standard InChI is InChI=1S/C16H27BO4/c1-11(2)19-14(18)12-9-7-8-10-13(12)17-20-15(3,4)16(5,6)21-17/h11H,7-10H2,1-6H3. The van der Waals surface area contributed by atoms with Gasteiger partial charge >= 0.3 is 13.1 Å². The Labute approximate surface area is 128 Å². The van der Waals surface area contributed by atoms with Crippen LogP contribution in [0.4, 0.5) is 0 Å². The third-order valence-corrected chi connectivity index (χ3v) is 4.64. The monoisotopic (exact) mass is 294 g/mol. The third-order valence-electron chi connectivity index (χ3n) is 4.64. The molecule has 0 spiro atoms. The number of carbonyl (C=O) groups excluding carboxylic acids is 1. The van der Waals surface area contributed by atoms with Crippen molar-refractivity contribution in [3.63, 3.8) is 0 Å². The van der Waals surface area contributed by atoms with Crippen LogP contribution in [0.3, 0.4) is 0 Å². The molecule has 0 atom stereocenters. The molecule has 0 N–H and O–H groups in total. The molecule has 2 rings (SSSR count). The second kappa shape index (κ2) is 5.77. The maximum Gasteiger partial charge on any atom is 0.491 e. The number of hydrogen-bond donors (Lipinski definition) is 0. The molecule has 0 aromatic heterocycles. The first-order chi connectivity index (χ1) is 9.64. The average Bonchev–Trinajstić information content (AvgIpc) is 2.57. The third kappa shape index (κ3) is 3.34. The summed E-state index contributed by atoms with van der Waals surface area (Å²) in [5, 5.41) is 0. The minimum Gasteiger partial charge on any atom is -0.460 e. The highest BCUT2D eigenvalue weighted by Gasteiger charge is 2.53. The van der Waals surface area contributed by atoms with Crippen LogP contribution in [0, 0.1) is 0 Å². The highest BCUT2D eigenvalue weighted by Crippen LogP contribution is 2.41. The number of ether oxygens (including phenoxy) is 1. The van der Waals surface area contributed by atoms with Crippen molar-refractivity contribution in [2.24, 2.45) is 0 Å². The summed E-state index contributed by atoms with van der Waals surface area (Å²) in [6, 6.07) is 0. The van der Waals surface area contributed by atoms with Crippen LogP contribution in [0.2, 0.25) is 0 Å². The highest BCUT2D eigenvalue weighted by molar-refractivity contribution is 6.55. The number of carbonyl (C=O) groups is 1. The zero-order valence-corrected chi connectivity index (χ0v) is 14.1. The summed E-state index contributed by atoms with van der Waals surface area (Å²) >= 11 is 0. The smallest absolute Gasteiger partial charge is 0.460 e. The minimum absolute atomic E-state index is 0.105. The molecule has 21 heavy (non-hydrogen) atoms. The van der Waals surface area contributed by atoms with Crippen molar-refractivity contribution >= 4 is 13.1 Å². The van der Waals surface area contributed by atoms with Gasteiger partial charge in [0.1, 0.15) is 0 Å². The highest BCUT2D eigenvalue weighted by atomic mass is 16.7. The van der Waals surface area contributed by atoms with E-state index in [-0.39, 0.29) is 23.3 Å². The average molecular weight is 294 g/mol. The molecule has 0 radical (unpaired) electrons. The van der Waals surface area contributed by atoms with E-state index in [1.807, 2.05) is 41.5 Å². The molecule has 0 aromatic rings. The van der Waals surface area contributed by atoms with E-state index in [4.69, 9.17) is 14.0 Å². The van der Waals surface area contributed by atoms with Gasteiger partial charge in [0.2, 0.25) is 0 Å². The van der Waals surface area contributed by atoms with Crippen LogP contribution in [0.5, 0.6) is 0 Å². The molecule has 2 aliphatic rings. The Morgan fingerprint density at radius 1 is 1.10 bits per heavy atom. The minimum atomic E-state index is -0.426. The zero-order valence-electron chi connectivity index (χ0n) is 14.1. The van der Waals surface area contributed by atoms with Gasteiger partial charge in [0.15, 0.2) is 0 Å². The van der Waals surface area contributed by atoms with E-state index < -0.39 is 7.12 Å². The summed E-state index contributed by atoms with van der Waals surface area (Å²) < 4.78 is 17.6. The van der Waals surface area contributed by atoms with Crippen LogP contribution >= 0.6 is 0 Å². The van der Waals surface area contributed by atoms with Gasteiger partial charge in [-0.15, -0.1) is 0 Å². The first-order valence-electron chi connectivity index (χ1n) is 7.92. The van der Waals surface area contributed by atoms with E-state index in [2.05, 4.69) is 0 Å². The molecule has 118 valence electrons. The van der Waals surface area contributed by atoms with E-state index in [0.717, 1.165) is 36.7 Å². The topological polar surface area (TPSA) is 44.8 Å². The Hall–Kier alpha value is -0.805. The van der Waals surface area contributed by atoms with Crippen LogP contribution in [0.1, 0.15) is 67.2 Å². The van der Waals surface area contributed by atoms with Crippen LogP contribution in [-0.2, 0) is 18.8 Å². The van der Waals surface area contributed by atoms with Crippen molar-refractivity contribution in [3.05, 3.63) is 11.0 Å². The van der Waals surface area contributed by atoms with Crippen molar-refractivity contribution < 1.29 is 18.8 Å². The number of allylic oxidation sites excluding steroid dienone is 1. The summed E-state index contributed by atoms with van der Waals surface area (Å²) in [6.45, 7) is 11.9. The van der Waals surface area contributed by atoms with E-state index in [1.165, 1.54) is 0 Å². The van der Waals surface area contributed by atoms with Gasteiger partial charge in [0, 0.05) is 5.57 Å². The van der Waals surface area contributed by atoms with Gasteiger partial charge in [0.25, 0.3) is 0 Å². The lowest BCUT2D eigenvalue weighted by Crippen LogP contribution is -2.41. The van der Waals surface area contributed by atoms with E-state index >= 15 is 0 Å². The first kappa shape index (κ1) is 16.6. The molecule has 0 bridgehead atoms. The Morgan fingerprint density at radius 2 is 1.62 bits per heavy atom. The summed E-state index contributed by atoms with van der Waals surface area (Å²) in [5.41, 5.74) is 0.976. The molecule has 1 aliphatic heterocycles. The first-order valence-corrected chi connectivity index (χ1v) is 7.92.